The van der Waals surface area contributed by atoms with Crippen LogP contribution >= 0.6 is 0 Å². The van der Waals surface area contributed by atoms with Gasteiger partial charge in [-0.3, -0.25) is 4.79 Å². The molecule has 4 rings (SSSR count). The first-order valence-corrected chi connectivity index (χ1v) is 13.1. The van der Waals surface area contributed by atoms with E-state index in [1.807, 2.05) is 17.3 Å². The van der Waals surface area contributed by atoms with Gasteiger partial charge >= 0.3 is 0 Å². The topological polar surface area (TPSA) is 92.7 Å². The fourth-order valence-corrected chi connectivity index (χ4v) is 5.46. The summed E-state index contributed by atoms with van der Waals surface area (Å²) in [5, 5.41) is 0. The highest BCUT2D eigenvalue weighted by Crippen LogP contribution is 2.30. The van der Waals surface area contributed by atoms with Crippen LogP contribution in [0.2, 0.25) is 0 Å². The highest BCUT2D eigenvalue weighted by atomic mass is 32.2. The van der Waals surface area contributed by atoms with Crippen molar-refractivity contribution in [3.8, 4) is 5.75 Å². The monoisotopic (exact) mass is 476 g/mol. The summed E-state index contributed by atoms with van der Waals surface area (Å²) < 4.78 is 43.8. The van der Waals surface area contributed by atoms with Gasteiger partial charge in [0, 0.05) is 50.7 Å². The van der Waals surface area contributed by atoms with Crippen LogP contribution < -0.4 is 9.64 Å². The minimum Gasteiger partial charge on any atom is -0.477 e. The predicted molar refractivity (Wildman–Crippen MR) is 122 cm³/mol. The van der Waals surface area contributed by atoms with Gasteiger partial charge in [-0.2, -0.15) is 0 Å². The minimum absolute atomic E-state index is 0.0770. The van der Waals surface area contributed by atoms with Crippen molar-refractivity contribution in [2.45, 2.75) is 56.6 Å². The lowest BCUT2D eigenvalue weighted by atomic mass is 10.0. The fourth-order valence-electron chi connectivity index (χ4n) is 4.50. The number of hydrogen-bond donors (Lipinski definition) is 0. The van der Waals surface area contributed by atoms with Gasteiger partial charge in [-0.1, -0.05) is 6.92 Å². The minimum atomic E-state index is -3.55. The number of amides is 1. The number of aromatic nitrogens is 2. The van der Waals surface area contributed by atoms with E-state index >= 15 is 0 Å². The van der Waals surface area contributed by atoms with Gasteiger partial charge in [0.15, 0.2) is 27.5 Å². The molecule has 0 aliphatic carbocycles. The molecular weight excluding hydrogens is 447 g/mol. The van der Waals surface area contributed by atoms with E-state index < -0.39 is 21.8 Å². The summed E-state index contributed by atoms with van der Waals surface area (Å²) in [6, 6.07) is 2.41. The summed E-state index contributed by atoms with van der Waals surface area (Å²) in [5.41, 5.74) is 1.48. The third-order valence-electron chi connectivity index (χ3n) is 6.38. The van der Waals surface area contributed by atoms with Crippen molar-refractivity contribution in [3.63, 3.8) is 0 Å². The second-order valence-corrected chi connectivity index (χ2v) is 10.7. The van der Waals surface area contributed by atoms with Crippen molar-refractivity contribution in [2.24, 2.45) is 0 Å². The number of hydrogen-bond acceptors (Lipinski definition) is 7. The second kappa shape index (κ2) is 9.24. The molecule has 10 heteroatoms. The molecule has 0 bridgehead atoms. The summed E-state index contributed by atoms with van der Waals surface area (Å²) in [7, 11) is -3.55. The van der Waals surface area contributed by atoms with Gasteiger partial charge in [-0.05, 0) is 49.4 Å². The zero-order valence-corrected chi connectivity index (χ0v) is 19.9. The third-order valence-corrected chi connectivity index (χ3v) is 7.62. The Morgan fingerprint density at radius 1 is 1.12 bits per heavy atom. The smallest absolute Gasteiger partial charge is 0.263 e. The number of sulfone groups is 1. The van der Waals surface area contributed by atoms with Crippen LogP contribution in [0.15, 0.2) is 29.4 Å². The quantitative estimate of drug-likeness (QED) is 0.633. The Hall–Kier alpha value is -2.75. The summed E-state index contributed by atoms with van der Waals surface area (Å²) in [5.74, 6) is -0.318. The van der Waals surface area contributed by atoms with Crippen LogP contribution in [0, 0.1) is 12.7 Å². The van der Waals surface area contributed by atoms with E-state index in [9.17, 15) is 17.6 Å². The first kappa shape index (κ1) is 23.4. The molecule has 1 atom stereocenters. The second-order valence-electron chi connectivity index (χ2n) is 8.71. The molecule has 2 aliphatic heterocycles. The lowest BCUT2D eigenvalue weighted by molar-refractivity contribution is -0.135. The molecule has 178 valence electrons. The van der Waals surface area contributed by atoms with Crippen LogP contribution in [-0.2, 0) is 21.1 Å². The molecule has 0 unspecified atom stereocenters. The van der Waals surface area contributed by atoms with Crippen molar-refractivity contribution in [1.29, 1.82) is 0 Å². The number of rotatable bonds is 6. The van der Waals surface area contributed by atoms with Gasteiger partial charge in [-0.15, -0.1) is 0 Å². The molecular formula is C23H29FN4O4S. The number of likely N-dealkylation sites (tertiary alicyclic amines) is 1. The Kier molecular flexibility index (Phi) is 6.56. The molecule has 1 amide bonds. The Morgan fingerprint density at radius 2 is 1.79 bits per heavy atom. The summed E-state index contributed by atoms with van der Waals surface area (Å²) in [6.45, 7) is 5.71. The molecule has 2 aliphatic rings. The Bertz CT molecular complexity index is 1130. The largest absolute Gasteiger partial charge is 0.477 e. The molecule has 0 saturated carbocycles. The van der Waals surface area contributed by atoms with E-state index in [-0.39, 0.29) is 22.6 Å². The normalized spacial score (nSPS) is 19.9. The molecule has 0 radical (unpaired) electrons. The van der Waals surface area contributed by atoms with Gasteiger partial charge in [0.05, 0.1) is 4.90 Å². The van der Waals surface area contributed by atoms with Gasteiger partial charge in [0.25, 0.3) is 5.91 Å². The molecule has 1 aromatic carbocycles. The lowest BCUT2D eigenvalue weighted by Gasteiger charge is -2.36. The summed E-state index contributed by atoms with van der Waals surface area (Å²) in [6.07, 6.45) is 6.92. The number of anilines is 1. The molecule has 2 fully saturated rings. The molecule has 1 aromatic heterocycles. The zero-order valence-electron chi connectivity index (χ0n) is 19.1. The van der Waals surface area contributed by atoms with Crippen molar-refractivity contribution < 1.29 is 22.3 Å². The standard InChI is InChI=1S/C23H29FN4O4S/c1-4-16-13-25-23(26-14-16)27-8-5-17(6-9-27)28-10-7-19(22(28)29)32-20-11-15(2)21(12-18(20)24)33(3,30)31/h11-14,17,19H,4-10H2,1-3H3/t19-/m0/s1. The maximum absolute atomic E-state index is 14.5. The number of halogens is 1. The first-order valence-electron chi connectivity index (χ1n) is 11.2. The molecule has 3 heterocycles. The molecule has 8 nitrogen and oxygen atoms in total. The Balaban J connectivity index is 1.37. The van der Waals surface area contributed by atoms with Gasteiger partial charge in [0.1, 0.15) is 0 Å². The number of benzene rings is 1. The predicted octanol–water partition coefficient (Wildman–Crippen LogP) is 2.54. The zero-order chi connectivity index (χ0) is 23.8. The number of piperidine rings is 1. The molecule has 0 spiro atoms. The first-order chi connectivity index (χ1) is 15.7. The number of ether oxygens (including phenoxy) is 1. The van der Waals surface area contributed by atoms with E-state index in [0.717, 1.165) is 50.2 Å². The highest BCUT2D eigenvalue weighted by Gasteiger charge is 2.39. The van der Waals surface area contributed by atoms with E-state index in [2.05, 4.69) is 21.8 Å². The van der Waals surface area contributed by atoms with Crippen molar-refractivity contribution >= 4 is 21.7 Å². The summed E-state index contributed by atoms with van der Waals surface area (Å²) >= 11 is 0. The van der Waals surface area contributed by atoms with Gasteiger partial charge in [-0.25, -0.2) is 22.8 Å². The summed E-state index contributed by atoms with van der Waals surface area (Å²) in [4.78, 5) is 25.8. The van der Waals surface area contributed by atoms with Gasteiger partial charge < -0.3 is 14.5 Å². The Morgan fingerprint density at radius 3 is 2.39 bits per heavy atom. The average molecular weight is 477 g/mol. The van der Waals surface area contributed by atoms with Crippen LogP contribution in [0.4, 0.5) is 10.3 Å². The highest BCUT2D eigenvalue weighted by molar-refractivity contribution is 7.90. The fraction of sp³-hybridized carbons (Fsp3) is 0.522. The van der Waals surface area contributed by atoms with Crippen molar-refractivity contribution in [2.75, 3.05) is 30.8 Å². The molecule has 2 saturated heterocycles. The van der Waals surface area contributed by atoms with Crippen molar-refractivity contribution in [3.05, 3.63) is 41.5 Å². The average Bonchev–Trinajstić information content (AvgIpc) is 3.15. The van der Waals surface area contributed by atoms with Crippen LogP contribution in [-0.4, -0.2) is 67.2 Å². The number of aryl methyl sites for hydroxylation is 2. The number of carbonyl (C=O) groups is 1. The van der Waals surface area contributed by atoms with E-state index in [0.29, 0.717) is 24.5 Å². The number of carbonyl (C=O) groups excluding carboxylic acids is 1. The van der Waals surface area contributed by atoms with Crippen molar-refractivity contribution in [1.82, 2.24) is 14.9 Å². The SMILES string of the molecule is CCc1cnc(N2CCC(N3CC[C@H](Oc4cc(C)c(S(C)(=O)=O)cc4F)C3=O)CC2)nc1. The molecule has 2 aromatic rings. The maximum atomic E-state index is 14.5. The van der Waals surface area contributed by atoms with E-state index in [1.54, 1.807) is 6.92 Å². The lowest BCUT2D eigenvalue weighted by Crippen LogP contribution is -2.47. The van der Waals surface area contributed by atoms with E-state index in [4.69, 9.17) is 4.74 Å². The third kappa shape index (κ3) is 4.95. The van der Waals surface area contributed by atoms with Crippen LogP contribution in [0.5, 0.6) is 5.75 Å². The van der Waals surface area contributed by atoms with Crippen LogP contribution in [0.1, 0.15) is 37.3 Å². The number of nitrogens with zero attached hydrogens (tertiary/aromatic N) is 4. The molecule has 33 heavy (non-hydrogen) atoms. The molecule has 0 N–H and O–H groups in total. The van der Waals surface area contributed by atoms with Gasteiger partial charge in [0.2, 0.25) is 5.95 Å². The Labute approximate surface area is 193 Å². The van der Waals surface area contributed by atoms with Crippen LogP contribution in [0.25, 0.3) is 0 Å². The van der Waals surface area contributed by atoms with E-state index in [1.165, 1.54) is 6.07 Å². The van der Waals surface area contributed by atoms with Crippen LogP contribution in [0.3, 0.4) is 0 Å². The maximum Gasteiger partial charge on any atom is 0.263 e.